The standard InChI is InChI=1S/C28H34O5/c1-7-31-27(30)19-33-26-18-23(32-17-16-20(2)3)13-14-24(26)25(29)15-10-21-8-11-22(12-9-21)28(4,5)6/h8-16,18H,7,17,19H2,1-6H3. The maximum Gasteiger partial charge on any atom is 0.344 e. The molecule has 0 fully saturated rings. The molecule has 0 aromatic heterocycles. The van der Waals surface area contributed by atoms with Crippen molar-refractivity contribution < 1.29 is 23.8 Å². The van der Waals surface area contributed by atoms with Gasteiger partial charge in [0.1, 0.15) is 18.1 Å². The summed E-state index contributed by atoms with van der Waals surface area (Å²) in [4.78, 5) is 24.7. The van der Waals surface area contributed by atoms with Gasteiger partial charge in [0.25, 0.3) is 0 Å². The first kappa shape index (κ1) is 25.9. The minimum absolute atomic E-state index is 0.0681. The molecule has 0 saturated heterocycles. The third-order valence-corrected chi connectivity index (χ3v) is 4.81. The van der Waals surface area contributed by atoms with Crippen LogP contribution in [0.5, 0.6) is 11.5 Å². The predicted octanol–water partition coefficient (Wildman–Crippen LogP) is 6.17. The fraction of sp³-hybridized carbons (Fsp3) is 0.357. The molecule has 0 spiro atoms. The highest BCUT2D eigenvalue weighted by molar-refractivity contribution is 6.08. The summed E-state index contributed by atoms with van der Waals surface area (Å²) in [5.41, 5.74) is 3.70. The summed E-state index contributed by atoms with van der Waals surface area (Å²) in [6.45, 7) is 12.6. The normalized spacial score (nSPS) is 11.2. The van der Waals surface area contributed by atoms with Crippen LogP contribution in [0.3, 0.4) is 0 Å². The molecule has 0 bridgehead atoms. The molecule has 0 amide bonds. The van der Waals surface area contributed by atoms with E-state index in [4.69, 9.17) is 14.2 Å². The third-order valence-electron chi connectivity index (χ3n) is 4.81. The SMILES string of the molecule is CCOC(=O)COc1cc(OCC=C(C)C)ccc1C(=O)C=Cc1ccc(C(C)(C)C)cc1. The summed E-state index contributed by atoms with van der Waals surface area (Å²) < 4.78 is 16.3. The molecule has 0 N–H and O–H groups in total. The monoisotopic (exact) mass is 450 g/mol. The zero-order valence-electron chi connectivity index (χ0n) is 20.4. The van der Waals surface area contributed by atoms with E-state index >= 15 is 0 Å². The first-order valence-electron chi connectivity index (χ1n) is 11.1. The van der Waals surface area contributed by atoms with Gasteiger partial charge >= 0.3 is 5.97 Å². The molecular formula is C28H34O5. The molecular weight excluding hydrogens is 416 g/mol. The Morgan fingerprint density at radius 3 is 2.27 bits per heavy atom. The number of hydrogen-bond donors (Lipinski definition) is 0. The van der Waals surface area contributed by atoms with Gasteiger partial charge in [0.05, 0.1) is 12.2 Å². The number of carbonyl (C=O) groups is 2. The van der Waals surface area contributed by atoms with Crippen molar-refractivity contribution in [2.45, 2.75) is 47.0 Å². The second-order valence-electron chi connectivity index (χ2n) is 8.91. The Hall–Kier alpha value is -3.34. The van der Waals surface area contributed by atoms with Crippen molar-refractivity contribution in [1.29, 1.82) is 0 Å². The highest BCUT2D eigenvalue weighted by atomic mass is 16.6. The van der Waals surface area contributed by atoms with Crippen LogP contribution in [0.25, 0.3) is 6.08 Å². The molecule has 33 heavy (non-hydrogen) atoms. The van der Waals surface area contributed by atoms with Crippen LogP contribution < -0.4 is 9.47 Å². The van der Waals surface area contributed by atoms with E-state index in [0.717, 1.165) is 11.1 Å². The molecule has 2 aromatic rings. The van der Waals surface area contributed by atoms with Gasteiger partial charge < -0.3 is 14.2 Å². The third kappa shape index (κ3) is 8.60. The second-order valence-corrected chi connectivity index (χ2v) is 8.91. The van der Waals surface area contributed by atoms with Gasteiger partial charge in [0, 0.05) is 6.07 Å². The predicted molar refractivity (Wildman–Crippen MR) is 132 cm³/mol. The Balaban J connectivity index is 2.22. The van der Waals surface area contributed by atoms with Gasteiger partial charge in [-0.3, -0.25) is 4.79 Å². The quantitative estimate of drug-likeness (QED) is 0.188. The van der Waals surface area contributed by atoms with E-state index in [9.17, 15) is 9.59 Å². The van der Waals surface area contributed by atoms with Gasteiger partial charge in [-0.15, -0.1) is 0 Å². The maximum absolute atomic E-state index is 12.9. The number of esters is 1. The van der Waals surface area contributed by atoms with Crippen LogP contribution in [0.1, 0.15) is 63.0 Å². The van der Waals surface area contributed by atoms with Crippen LogP contribution >= 0.6 is 0 Å². The van der Waals surface area contributed by atoms with Crippen LogP contribution in [0, 0.1) is 0 Å². The highest BCUT2D eigenvalue weighted by Crippen LogP contribution is 2.27. The Kier molecular flexibility index (Phi) is 9.46. The number of carbonyl (C=O) groups excluding carboxylic acids is 2. The van der Waals surface area contributed by atoms with Gasteiger partial charge in [-0.05, 0) is 61.6 Å². The van der Waals surface area contributed by atoms with E-state index in [1.165, 1.54) is 11.6 Å². The van der Waals surface area contributed by atoms with Crippen molar-refractivity contribution in [1.82, 2.24) is 0 Å². The van der Waals surface area contributed by atoms with Gasteiger partial charge in [-0.1, -0.05) is 56.7 Å². The molecule has 0 aliphatic carbocycles. The lowest BCUT2D eigenvalue weighted by Crippen LogP contribution is -2.16. The number of ketones is 1. The number of benzene rings is 2. The molecule has 0 heterocycles. The molecule has 0 saturated carbocycles. The van der Waals surface area contributed by atoms with Crippen molar-refractivity contribution in [3.63, 3.8) is 0 Å². The molecule has 5 heteroatoms. The number of allylic oxidation sites excluding steroid dienone is 2. The number of ether oxygens (including phenoxy) is 3. The molecule has 176 valence electrons. The van der Waals surface area contributed by atoms with E-state index in [2.05, 4.69) is 32.9 Å². The average molecular weight is 451 g/mol. The van der Waals surface area contributed by atoms with E-state index in [1.54, 1.807) is 31.2 Å². The summed E-state index contributed by atoms with van der Waals surface area (Å²) in [5, 5.41) is 0. The molecule has 0 aliphatic heterocycles. The van der Waals surface area contributed by atoms with Crippen LogP contribution in [-0.4, -0.2) is 31.6 Å². The molecule has 5 nitrogen and oxygen atoms in total. The van der Waals surface area contributed by atoms with E-state index < -0.39 is 5.97 Å². The van der Waals surface area contributed by atoms with E-state index in [1.807, 2.05) is 32.1 Å². The fourth-order valence-corrected chi connectivity index (χ4v) is 2.92. The summed E-state index contributed by atoms with van der Waals surface area (Å²) in [6.07, 6.45) is 5.22. The zero-order chi connectivity index (χ0) is 24.4. The Morgan fingerprint density at radius 1 is 0.970 bits per heavy atom. The van der Waals surface area contributed by atoms with E-state index in [-0.39, 0.29) is 30.2 Å². The fourth-order valence-electron chi connectivity index (χ4n) is 2.92. The van der Waals surface area contributed by atoms with E-state index in [0.29, 0.717) is 17.9 Å². The smallest absolute Gasteiger partial charge is 0.344 e. The topological polar surface area (TPSA) is 61.8 Å². The van der Waals surface area contributed by atoms with Crippen molar-refractivity contribution in [2.24, 2.45) is 0 Å². The maximum atomic E-state index is 12.9. The zero-order valence-corrected chi connectivity index (χ0v) is 20.4. The minimum atomic E-state index is -0.499. The molecule has 0 unspecified atom stereocenters. The van der Waals surface area contributed by atoms with Crippen molar-refractivity contribution in [3.8, 4) is 11.5 Å². The number of rotatable bonds is 10. The second kappa shape index (κ2) is 12.0. The Bertz CT molecular complexity index is 1000. The summed E-state index contributed by atoms with van der Waals surface area (Å²) in [6, 6.07) is 13.1. The molecule has 2 rings (SSSR count). The van der Waals surface area contributed by atoms with Gasteiger partial charge in [0.15, 0.2) is 12.4 Å². The Morgan fingerprint density at radius 2 is 1.67 bits per heavy atom. The lowest BCUT2D eigenvalue weighted by molar-refractivity contribution is -0.145. The lowest BCUT2D eigenvalue weighted by Gasteiger charge is -2.18. The first-order chi connectivity index (χ1) is 15.6. The summed E-state index contributed by atoms with van der Waals surface area (Å²) >= 11 is 0. The molecule has 0 radical (unpaired) electrons. The van der Waals surface area contributed by atoms with Gasteiger partial charge in [-0.25, -0.2) is 4.79 Å². The molecule has 0 aliphatic rings. The lowest BCUT2D eigenvalue weighted by atomic mass is 9.87. The van der Waals surface area contributed by atoms with Crippen LogP contribution in [0.2, 0.25) is 0 Å². The summed E-state index contributed by atoms with van der Waals surface area (Å²) in [7, 11) is 0. The van der Waals surface area contributed by atoms with Crippen LogP contribution in [-0.2, 0) is 14.9 Å². The molecule has 0 atom stereocenters. The van der Waals surface area contributed by atoms with Crippen LogP contribution in [0.4, 0.5) is 0 Å². The number of hydrogen-bond acceptors (Lipinski definition) is 5. The first-order valence-corrected chi connectivity index (χ1v) is 11.1. The van der Waals surface area contributed by atoms with Crippen molar-refractivity contribution in [2.75, 3.05) is 19.8 Å². The highest BCUT2D eigenvalue weighted by Gasteiger charge is 2.15. The molecule has 2 aromatic carbocycles. The largest absolute Gasteiger partial charge is 0.489 e. The summed E-state index contributed by atoms with van der Waals surface area (Å²) in [5.74, 6) is 0.0889. The van der Waals surface area contributed by atoms with Gasteiger partial charge in [-0.2, -0.15) is 0 Å². The van der Waals surface area contributed by atoms with Crippen LogP contribution in [0.15, 0.2) is 60.2 Å². The van der Waals surface area contributed by atoms with Crippen molar-refractivity contribution in [3.05, 3.63) is 76.9 Å². The Labute approximate surface area is 197 Å². The minimum Gasteiger partial charge on any atom is -0.489 e. The van der Waals surface area contributed by atoms with Crippen molar-refractivity contribution >= 4 is 17.8 Å². The average Bonchev–Trinajstić information content (AvgIpc) is 2.76. The van der Waals surface area contributed by atoms with Gasteiger partial charge in [0.2, 0.25) is 0 Å².